The Morgan fingerprint density at radius 3 is 2.66 bits per heavy atom. The van der Waals surface area contributed by atoms with Crippen molar-refractivity contribution >= 4 is 11.7 Å². The van der Waals surface area contributed by atoms with Crippen LogP contribution in [-0.2, 0) is 19.4 Å². The first-order valence-corrected chi connectivity index (χ1v) is 9.92. The quantitative estimate of drug-likeness (QED) is 0.673. The lowest BCUT2D eigenvalue weighted by Crippen LogP contribution is -2.36. The highest BCUT2D eigenvalue weighted by Crippen LogP contribution is 2.21. The van der Waals surface area contributed by atoms with Crippen molar-refractivity contribution in [3.8, 4) is 0 Å². The van der Waals surface area contributed by atoms with E-state index in [0.717, 1.165) is 25.2 Å². The van der Waals surface area contributed by atoms with Crippen molar-refractivity contribution in [1.82, 2.24) is 19.9 Å². The Morgan fingerprint density at radius 1 is 1.10 bits per heavy atom. The maximum Gasteiger partial charge on any atom is 0.272 e. The Bertz CT molecular complexity index is 1010. The highest BCUT2D eigenvalue weighted by atomic mass is 16.2. The third-order valence-electron chi connectivity index (χ3n) is 5.34. The zero-order chi connectivity index (χ0) is 20.2. The number of amides is 1. The maximum absolute atomic E-state index is 13.1. The summed E-state index contributed by atoms with van der Waals surface area (Å²) in [6.45, 7) is 3.98. The first-order valence-electron chi connectivity index (χ1n) is 9.92. The number of hydrogen-bond donors (Lipinski definition) is 0. The van der Waals surface area contributed by atoms with Crippen LogP contribution in [0.15, 0.2) is 54.9 Å². The Labute approximate surface area is 171 Å². The third kappa shape index (κ3) is 4.42. The molecule has 0 saturated heterocycles. The van der Waals surface area contributed by atoms with E-state index in [1.165, 1.54) is 16.7 Å². The van der Waals surface area contributed by atoms with Crippen LogP contribution in [0, 0.1) is 6.92 Å². The van der Waals surface area contributed by atoms with Gasteiger partial charge in [0.2, 0.25) is 0 Å². The molecule has 29 heavy (non-hydrogen) atoms. The van der Waals surface area contributed by atoms with Gasteiger partial charge in [-0.2, -0.15) is 0 Å². The van der Waals surface area contributed by atoms with E-state index >= 15 is 0 Å². The lowest BCUT2D eigenvalue weighted by atomic mass is 10.00. The van der Waals surface area contributed by atoms with E-state index in [-0.39, 0.29) is 5.91 Å². The summed E-state index contributed by atoms with van der Waals surface area (Å²) >= 11 is 0. The zero-order valence-electron chi connectivity index (χ0n) is 16.9. The molecule has 0 saturated carbocycles. The van der Waals surface area contributed by atoms with E-state index in [1.54, 1.807) is 12.4 Å². The lowest BCUT2D eigenvalue weighted by Gasteiger charge is -2.29. The second-order valence-electron chi connectivity index (χ2n) is 7.43. The van der Waals surface area contributed by atoms with Crippen molar-refractivity contribution in [3.05, 3.63) is 83.1 Å². The zero-order valence-corrected chi connectivity index (χ0v) is 16.9. The Hall–Kier alpha value is -3.28. The largest absolute Gasteiger partial charge is 0.359 e. The summed E-state index contributed by atoms with van der Waals surface area (Å²) in [5.41, 5.74) is 4.23. The van der Waals surface area contributed by atoms with E-state index < -0.39 is 0 Å². The van der Waals surface area contributed by atoms with Gasteiger partial charge in [-0.25, -0.2) is 9.97 Å². The molecule has 6 nitrogen and oxygen atoms in total. The molecule has 0 atom stereocenters. The second-order valence-corrected chi connectivity index (χ2v) is 7.43. The number of nitrogens with zero attached hydrogens (tertiary/aromatic N) is 5. The van der Waals surface area contributed by atoms with Gasteiger partial charge in [0.05, 0.1) is 0 Å². The molecule has 1 aliphatic rings. The number of aromatic nitrogens is 3. The van der Waals surface area contributed by atoms with Crippen molar-refractivity contribution in [3.63, 3.8) is 0 Å². The van der Waals surface area contributed by atoms with Gasteiger partial charge in [0.15, 0.2) is 0 Å². The minimum absolute atomic E-state index is 0.0335. The molecule has 2 aromatic heterocycles. The molecular formula is C23H25N5O. The van der Waals surface area contributed by atoms with Gasteiger partial charge in [0.25, 0.3) is 5.91 Å². The molecule has 0 radical (unpaired) electrons. The first kappa shape index (κ1) is 19.1. The van der Waals surface area contributed by atoms with Gasteiger partial charge in [-0.1, -0.05) is 24.3 Å². The summed E-state index contributed by atoms with van der Waals surface area (Å²) in [4.78, 5) is 30.1. The standard InChI is InChI=1S/C23H25N5O/c1-17-25-21(23(29)28-14-10-19-5-3-4-6-20(19)16-28)15-22(26-17)27(2)13-9-18-7-11-24-12-8-18/h3-8,11-12,15H,9-10,13-14,16H2,1-2H3. The van der Waals surface area contributed by atoms with Crippen LogP contribution in [0.25, 0.3) is 0 Å². The number of carbonyl (C=O) groups is 1. The van der Waals surface area contributed by atoms with Gasteiger partial charge in [0, 0.05) is 45.1 Å². The van der Waals surface area contributed by atoms with E-state index in [9.17, 15) is 4.79 Å². The first-order chi connectivity index (χ1) is 14.1. The van der Waals surface area contributed by atoms with Crippen molar-refractivity contribution in [1.29, 1.82) is 0 Å². The number of pyridine rings is 1. The van der Waals surface area contributed by atoms with Crippen molar-refractivity contribution < 1.29 is 4.79 Å². The van der Waals surface area contributed by atoms with Crippen LogP contribution in [0.4, 0.5) is 5.82 Å². The van der Waals surface area contributed by atoms with E-state index in [1.807, 2.05) is 43.1 Å². The van der Waals surface area contributed by atoms with Crippen molar-refractivity contribution in [2.45, 2.75) is 26.3 Å². The Kier molecular flexibility index (Phi) is 5.51. The number of likely N-dealkylation sites (N-methyl/N-ethyl adjacent to an activating group) is 1. The molecule has 0 N–H and O–H groups in total. The number of carbonyl (C=O) groups excluding carboxylic acids is 1. The molecule has 4 rings (SSSR count). The Balaban J connectivity index is 1.48. The van der Waals surface area contributed by atoms with Crippen LogP contribution in [0.3, 0.4) is 0 Å². The van der Waals surface area contributed by atoms with Crippen LogP contribution in [-0.4, -0.2) is 45.9 Å². The fraction of sp³-hybridized carbons (Fsp3) is 0.304. The molecule has 1 aliphatic heterocycles. The van der Waals surface area contributed by atoms with Gasteiger partial charge in [0.1, 0.15) is 17.3 Å². The van der Waals surface area contributed by atoms with Crippen LogP contribution in [0.2, 0.25) is 0 Å². The molecule has 6 heteroatoms. The Morgan fingerprint density at radius 2 is 1.86 bits per heavy atom. The van der Waals surface area contributed by atoms with Gasteiger partial charge < -0.3 is 9.80 Å². The molecule has 1 amide bonds. The highest BCUT2D eigenvalue weighted by Gasteiger charge is 2.23. The van der Waals surface area contributed by atoms with Crippen molar-refractivity contribution in [2.24, 2.45) is 0 Å². The molecule has 0 fully saturated rings. The maximum atomic E-state index is 13.1. The molecule has 0 unspecified atom stereocenters. The van der Waals surface area contributed by atoms with Crippen LogP contribution < -0.4 is 4.90 Å². The smallest absolute Gasteiger partial charge is 0.272 e. The molecule has 0 spiro atoms. The predicted molar refractivity (Wildman–Crippen MR) is 113 cm³/mol. The van der Waals surface area contributed by atoms with E-state index in [4.69, 9.17) is 0 Å². The van der Waals surface area contributed by atoms with Crippen LogP contribution in [0.1, 0.15) is 33.0 Å². The topological polar surface area (TPSA) is 62.2 Å². The van der Waals surface area contributed by atoms with Gasteiger partial charge in [-0.05, 0) is 48.6 Å². The molecular weight excluding hydrogens is 362 g/mol. The fourth-order valence-electron chi connectivity index (χ4n) is 3.65. The average Bonchev–Trinajstić information content (AvgIpc) is 2.77. The monoisotopic (exact) mass is 387 g/mol. The molecule has 0 aliphatic carbocycles. The number of rotatable bonds is 5. The summed E-state index contributed by atoms with van der Waals surface area (Å²) in [5, 5.41) is 0. The van der Waals surface area contributed by atoms with Crippen LogP contribution in [0.5, 0.6) is 0 Å². The SMILES string of the molecule is Cc1nc(C(=O)N2CCc3ccccc3C2)cc(N(C)CCc2ccncc2)n1. The lowest BCUT2D eigenvalue weighted by molar-refractivity contribution is 0.0728. The highest BCUT2D eigenvalue weighted by molar-refractivity contribution is 5.93. The third-order valence-corrected chi connectivity index (χ3v) is 5.34. The van der Waals surface area contributed by atoms with E-state index in [0.29, 0.717) is 24.6 Å². The number of anilines is 1. The number of benzene rings is 1. The number of hydrogen-bond acceptors (Lipinski definition) is 5. The summed E-state index contributed by atoms with van der Waals surface area (Å²) in [5.74, 6) is 1.35. The summed E-state index contributed by atoms with van der Waals surface area (Å²) in [6.07, 6.45) is 5.37. The molecule has 1 aromatic carbocycles. The van der Waals surface area contributed by atoms with Crippen molar-refractivity contribution in [2.75, 3.05) is 25.0 Å². The van der Waals surface area contributed by atoms with Gasteiger partial charge >= 0.3 is 0 Å². The minimum Gasteiger partial charge on any atom is -0.359 e. The minimum atomic E-state index is -0.0335. The summed E-state index contributed by atoms with van der Waals surface area (Å²) < 4.78 is 0. The normalized spacial score (nSPS) is 13.1. The summed E-state index contributed by atoms with van der Waals surface area (Å²) in [7, 11) is 1.99. The molecule has 3 aromatic rings. The molecule has 148 valence electrons. The second kappa shape index (κ2) is 8.39. The average molecular weight is 387 g/mol. The molecule has 0 bridgehead atoms. The summed E-state index contributed by atoms with van der Waals surface area (Å²) in [6, 6.07) is 14.2. The fourth-order valence-corrected chi connectivity index (χ4v) is 3.65. The van der Waals surface area contributed by atoms with Crippen LogP contribution >= 0.6 is 0 Å². The van der Waals surface area contributed by atoms with Gasteiger partial charge in [-0.15, -0.1) is 0 Å². The van der Waals surface area contributed by atoms with E-state index in [2.05, 4.69) is 38.1 Å². The number of aryl methyl sites for hydroxylation is 1. The van der Waals surface area contributed by atoms with Gasteiger partial charge in [-0.3, -0.25) is 9.78 Å². The number of fused-ring (bicyclic) bond motifs is 1. The predicted octanol–water partition coefficient (Wildman–Crippen LogP) is 3.06. The molecule has 3 heterocycles.